The van der Waals surface area contributed by atoms with Crippen LogP contribution in [0.2, 0.25) is 0 Å². The second-order valence-corrected chi connectivity index (χ2v) is 9.94. The number of para-hydroxylation sites is 1. The Hall–Kier alpha value is -4.18. The number of fused-ring (bicyclic) bond motifs is 5. The molecule has 1 heterocycles. The van der Waals surface area contributed by atoms with Crippen molar-refractivity contribution in [3.8, 4) is 16.8 Å². The molecule has 3 nitrogen and oxygen atoms in total. The first-order chi connectivity index (χ1) is 18.3. The minimum atomic E-state index is 0.394. The second-order valence-electron chi connectivity index (χ2n) is 9.94. The molecule has 4 N–H and O–H groups in total. The molecule has 5 aromatic rings. The summed E-state index contributed by atoms with van der Waals surface area (Å²) in [5.41, 5.74) is 24.0. The average Bonchev–Trinajstić information content (AvgIpc) is 3.27. The van der Waals surface area contributed by atoms with Gasteiger partial charge in [-0.05, 0) is 63.2 Å². The van der Waals surface area contributed by atoms with Gasteiger partial charge in [-0.25, -0.2) is 0 Å². The van der Waals surface area contributed by atoms with Crippen LogP contribution in [0.4, 0.5) is 0 Å². The molecule has 0 fully saturated rings. The lowest BCUT2D eigenvalue weighted by molar-refractivity contribution is 0.724. The van der Waals surface area contributed by atoms with Crippen molar-refractivity contribution in [1.29, 1.82) is 0 Å². The summed E-state index contributed by atoms with van der Waals surface area (Å²) in [6, 6.07) is 28.2. The Balaban J connectivity index is 1.50. The first kappa shape index (κ1) is 22.1. The predicted molar refractivity (Wildman–Crippen MR) is 155 cm³/mol. The molecule has 0 saturated heterocycles. The molecule has 1 unspecified atom stereocenters. The molecule has 0 saturated carbocycles. The van der Waals surface area contributed by atoms with Crippen LogP contribution in [-0.4, -0.2) is 4.57 Å². The van der Waals surface area contributed by atoms with Gasteiger partial charge in [0.1, 0.15) is 0 Å². The molecule has 3 heteroatoms. The maximum absolute atomic E-state index is 6.52. The van der Waals surface area contributed by atoms with Crippen LogP contribution in [0.5, 0.6) is 0 Å². The van der Waals surface area contributed by atoms with Crippen molar-refractivity contribution < 1.29 is 0 Å². The number of aromatic nitrogens is 1. The minimum absolute atomic E-state index is 0.394. The van der Waals surface area contributed by atoms with Crippen molar-refractivity contribution in [1.82, 2.24) is 4.57 Å². The van der Waals surface area contributed by atoms with Crippen LogP contribution >= 0.6 is 0 Å². The third-order valence-corrected chi connectivity index (χ3v) is 8.05. The Kier molecular flexibility index (Phi) is 5.21. The fraction of sp³-hybridized carbons (Fsp3) is 0.118. The third kappa shape index (κ3) is 3.36. The molecule has 2 aliphatic rings. The summed E-state index contributed by atoms with van der Waals surface area (Å²) in [6.45, 7) is 0.857. The lowest BCUT2D eigenvalue weighted by atomic mass is 9.83. The monoisotopic (exact) mass is 479 g/mol. The van der Waals surface area contributed by atoms with Gasteiger partial charge in [0.15, 0.2) is 0 Å². The van der Waals surface area contributed by atoms with Crippen molar-refractivity contribution in [2.24, 2.45) is 17.4 Å². The highest BCUT2D eigenvalue weighted by molar-refractivity contribution is 5.98. The van der Waals surface area contributed by atoms with Gasteiger partial charge in [-0.2, -0.15) is 0 Å². The molecule has 0 radical (unpaired) electrons. The van der Waals surface area contributed by atoms with Gasteiger partial charge in [-0.15, -0.1) is 0 Å². The van der Waals surface area contributed by atoms with E-state index in [-0.39, 0.29) is 0 Å². The van der Waals surface area contributed by atoms with Gasteiger partial charge in [0.05, 0.1) is 11.2 Å². The van der Waals surface area contributed by atoms with Crippen molar-refractivity contribution in [3.05, 3.63) is 131 Å². The molecule has 37 heavy (non-hydrogen) atoms. The highest BCUT2D eigenvalue weighted by atomic mass is 15.0. The van der Waals surface area contributed by atoms with Crippen molar-refractivity contribution in [3.63, 3.8) is 0 Å². The Morgan fingerprint density at radius 3 is 2.38 bits per heavy atom. The van der Waals surface area contributed by atoms with Crippen LogP contribution in [0.25, 0.3) is 44.6 Å². The predicted octanol–water partition coefficient (Wildman–Crippen LogP) is 7.05. The minimum Gasteiger partial charge on any atom is -0.326 e. The summed E-state index contributed by atoms with van der Waals surface area (Å²) in [5.74, 6) is 0.394. The fourth-order valence-corrected chi connectivity index (χ4v) is 6.33. The van der Waals surface area contributed by atoms with Gasteiger partial charge in [0.25, 0.3) is 0 Å². The van der Waals surface area contributed by atoms with E-state index in [9.17, 15) is 0 Å². The largest absolute Gasteiger partial charge is 0.326 e. The zero-order valence-electron chi connectivity index (χ0n) is 20.7. The maximum atomic E-state index is 6.52. The molecular formula is C34H29N3. The Morgan fingerprint density at radius 2 is 1.51 bits per heavy atom. The zero-order valence-corrected chi connectivity index (χ0v) is 20.7. The van der Waals surface area contributed by atoms with E-state index in [4.69, 9.17) is 11.5 Å². The van der Waals surface area contributed by atoms with Gasteiger partial charge < -0.3 is 16.0 Å². The lowest BCUT2D eigenvalue weighted by Gasteiger charge is -2.25. The van der Waals surface area contributed by atoms with Gasteiger partial charge in [-0.1, -0.05) is 91.0 Å². The Labute approximate surface area is 217 Å². The highest BCUT2D eigenvalue weighted by Crippen LogP contribution is 2.41. The molecular weight excluding hydrogens is 450 g/mol. The second kappa shape index (κ2) is 8.74. The summed E-state index contributed by atoms with van der Waals surface area (Å²) < 4.78 is 2.44. The number of hydrogen-bond donors (Lipinski definition) is 2. The molecule has 7 rings (SSSR count). The SMILES string of the molecule is NCc1c(-c2cccc3ccccc23)ccc(-n2c3c(c4ccccc42)C=C2C=CC=CC2C3)c1CN. The van der Waals surface area contributed by atoms with Crippen molar-refractivity contribution in [2.45, 2.75) is 19.5 Å². The first-order valence-corrected chi connectivity index (χ1v) is 13.0. The number of allylic oxidation sites excluding steroid dienone is 5. The van der Waals surface area contributed by atoms with Crippen molar-refractivity contribution in [2.75, 3.05) is 0 Å². The number of benzene rings is 4. The van der Waals surface area contributed by atoms with Crippen LogP contribution in [-0.2, 0) is 19.5 Å². The van der Waals surface area contributed by atoms with Crippen LogP contribution < -0.4 is 11.5 Å². The summed E-state index contributed by atoms with van der Waals surface area (Å²) in [6.07, 6.45) is 12.2. The molecule has 1 atom stereocenters. The maximum Gasteiger partial charge on any atom is 0.0537 e. The molecule has 180 valence electrons. The molecule has 4 aromatic carbocycles. The van der Waals surface area contributed by atoms with Crippen molar-refractivity contribution >= 4 is 27.8 Å². The topological polar surface area (TPSA) is 57.0 Å². The van der Waals surface area contributed by atoms with Crippen LogP contribution in [0.1, 0.15) is 22.4 Å². The molecule has 2 aliphatic carbocycles. The zero-order chi connectivity index (χ0) is 24.9. The highest BCUT2D eigenvalue weighted by Gasteiger charge is 2.27. The summed E-state index contributed by atoms with van der Waals surface area (Å²) in [7, 11) is 0. The fourth-order valence-electron chi connectivity index (χ4n) is 6.33. The van der Waals surface area contributed by atoms with Gasteiger partial charge in [0.2, 0.25) is 0 Å². The number of nitrogens with zero attached hydrogens (tertiary/aromatic N) is 1. The molecule has 0 spiro atoms. The Morgan fingerprint density at radius 1 is 0.730 bits per heavy atom. The average molecular weight is 480 g/mol. The lowest BCUT2D eigenvalue weighted by Crippen LogP contribution is -2.17. The van der Waals surface area contributed by atoms with Gasteiger partial charge in [0, 0.05) is 35.7 Å². The van der Waals surface area contributed by atoms with E-state index in [1.165, 1.54) is 44.1 Å². The van der Waals surface area contributed by atoms with Crippen LogP contribution in [0.3, 0.4) is 0 Å². The molecule has 0 aliphatic heterocycles. The number of rotatable bonds is 4. The number of nitrogens with two attached hydrogens (primary N) is 2. The Bertz CT molecular complexity index is 1780. The smallest absolute Gasteiger partial charge is 0.0537 e. The summed E-state index contributed by atoms with van der Waals surface area (Å²) in [4.78, 5) is 0. The molecule has 1 aromatic heterocycles. The van der Waals surface area contributed by atoms with Crippen LogP contribution in [0, 0.1) is 5.92 Å². The standard InChI is InChI=1S/C34H29N3/c35-20-30-27(26-14-7-11-22-8-3-4-12-25(22)26)16-17-33(31(30)21-36)37-32-15-6-5-13-28(32)29-18-23-9-1-2-10-24(23)19-34(29)37/h1-18,24H,19-21,35-36H2. The normalized spacial score (nSPS) is 16.2. The molecule has 0 amide bonds. The van der Waals surface area contributed by atoms with E-state index in [2.05, 4.69) is 114 Å². The first-order valence-electron chi connectivity index (χ1n) is 13.0. The van der Waals surface area contributed by atoms with Gasteiger partial charge in [-0.3, -0.25) is 0 Å². The quantitative estimate of drug-likeness (QED) is 0.290. The van der Waals surface area contributed by atoms with E-state index in [0.29, 0.717) is 19.0 Å². The van der Waals surface area contributed by atoms with E-state index < -0.39 is 0 Å². The summed E-state index contributed by atoms with van der Waals surface area (Å²) >= 11 is 0. The summed E-state index contributed by atoms with van der Waals surface area (Å²) in [5, 5.41) is 3.74. The van der Waals surface area contributed by atoms with E-state index in [0.717, 1.165) is 28.8 Å². The van der Waals surface area contributed by atoms with E-state index in [1.807, 2.05) is 0 Å². The molecule has 0 bridgehead atoms. The van der Waals surface area contributed by atoms with E-state index in [1.54, 1.807) is 0 Å². The third-order valence-electron chi connectivity index (χ3n) is 8.05. The van der Waals surface area contributed by atoms with Gasteiger partial charge >= 0.3 is 0 Å². The van der Waals surface area contributed by atoms with Crippen LogP contribution in [0.15, 0.2) is 109 Å². The van der Waals surface area contributed by atoms with E-state index >= 15 is 0 Å². The number of hydrogen-bond acceptors (Lipinski definition) is 2.